The van der Waals surface area contributed by atoms with Crippen molar-refractivity contribution in [2.45, 2.75) is 59.7 Å². The highest BCUT2D eigenvalue weighted by atomic mass is 16.6. The second kappa shape index (κ2) is 16.0. The van der Waals surface area contributed by atoms with E-state index in [1.165, 1.54) is 32.9 Å². The quantitative estimate of drug-likeness (QED) is 0.115. The first-order valence-corrected chi connectivity index (χ1v) is 19.6. The first-order chi connectivity index (χ1) is 28.5. The van der Waals surface area contributed by atoms with Crippen LogP contribution in [0.15, 0.2) is 72.8 Å². The Morgan fingerprint density at radius 3 is 0.917 bits per heavy atom. The van der Waals surface area contributed by atoms with E-state index in [9.17, 15) is 44.1 Å². The Balaban J connectivity index is 1.47. The van der Waals surface area contributed by atoms with Crippen LogP contribution >= 0.6 is 0 Å². The molecule has 0 spiro atoms. The van der Waals surface area contributed by atoms with Crippen molar-refractivity contribution < 1.29 is 58.3 Å². The summed E-state index contributed by atoms with van der Waals surface area (Å²) >= 11 is 0. The van der Waals surface area contributed by atoms with E-state index >= 15 is 0 Å². The van der Waals surface area contributed by atoms with E-state index in [1.807, 2.05) is 59.7 Å². The Morgan fingerprint density at radius 2 is 0.700 bits per heavy atom. The van der Waals surface area contributed by atoms with Gasteiger partial charge in [-0.1, -0.05) is 59.7 Å². The van der Waals surface area contributed by atoms with Crippen molar-refractivity contribution >= 4 is 53.2 Å². The summed E-state index contributed by atoms with van der Waals surface area (Å²) in [6.45, 7) is 11.7. The SMILES string of the molecule is CC(C)[C@H]1COC(=O)N1c1cc(-c2cc(-c3ccc(C(=O)O)c(N4C(=O)OC[C@@H]4C(C)C)c3)cc(-c3ccc(C(=O)O)c(N4C(=O)OC[C@@H]4C(C)C)c3)c2)ccc1C(=O)O. The average Bonchev–Trinajstić information content (AvgIpc) is 3.92. The Labute approximate surface area is 345 Å². The van der Waals surface area contributed by atoms with E-state index in [0.29, 0.717) is 33.4 Å². The second-order valence-electron chi connectivity index (χ2n) is 16.2. The maximum Gasteiger partial charge on any atom is 0.414 e. The number of cyclic esters (lactones) is 3. The van der Waals surface area contributed by atoms with Crippen LogP contribution in [-0.4, -0.2) is 89.5 Å². The third-order valence-electron chi connectivity index (χ3n) is 11.4. The lowest BCUT2D eigenvalue weighted by molar-refractivity contribution is 0.0686. The number of anilines is 3. The van der Waals surface area contributed by atoms with Gasteiger partial charge >= 0.3 is 36.2 Å². The van der Waals surface area contributed by atoms with Crippen molar-refractivity contribution in [2.75, 3.05) is 34.5 Å². The summed E-state index contributed by atoms with van der Waals surface area (Å²) in [5.41, 5.74) is 3.22. The molecule has 3 aliphatic heterocycles. The van der Waals surface area contributed by atoms with Gasteiger partial charge in [-0.25, -0.2) is 28.8 Å². The maximum absolute atomic E-state index is 13.2. The third kappa shape index (κ3) is 7.46. The molecular weight excluding hydrogens is 775 g/mol. The molecule has 4 aromatic rings. The standard InChI is InChI=1S/C45H45N3O12/c1-22(2)37-19-58-43(55)46(37)34-16-25(7-10-31(34)40(49)50)28-13-29(26-8-11-32(41(51)52)35(17-26)47-38(23(3)4)20-59-44(47)56)15-30(14-28)27-9-12-33(42(53)54)36(18-27)48-39(24(5)6)21-60-45(48)57/h7-18,22-24,37-39H,19-21H2,1-6H3,(H,49,50)(H,51,52)(H,53,54)/t37-,38-,39-/m1/s1. The van der Waals surface area contributed by atoms with Crippen molar-refractivity contribution in [1.82, 2.24) is 0 Å². The number of amides is 3. The Kier molecular flexibility index (Phi) is 11.0. The first kappa shape index (κ1) is 41.3. The molecule has 7 rings (SSSR count). The summed E-state index contributed by atoms with van der Waals surface area (Å²) in [4.78, 5) is 81.2. The average molecular weight is 820 g/mol. The molecule has 3 heterocycles. The van der Waals surface area contributed by atoms with Crippen LogP contribution in [0.3, 0.4) is 0 Å². The molecule has 3 saturated heterocycles. The zero-order valence-electron chi connectivity index (χ0n) is 33.9. The van der Waals surface area contributed by atoms with Gasteiger partial charge in [-0.05, 0) is 106 Å². The third-order valence-corrected chi connectivity index (χ3v) is 11.4. The van der Waals surface area contributed by atoms with E-state index in [4.69, 9.17) is 14.2 Å². The molecule has 15 heteroatoms. The molecule has 0 aliphatic carbocycles. The number of aromatic carboxylic acids is 3. The summed E-state index contributed by atoms with van der Waals surface area (Å²) in [6, 6.07) is 18.0. The molecule has 3 fully saturated rings. The molecule has 3 amide bonds. The lowest BCUT2D eigenvalue weighted by Gasteiger charge is -2.27. The fraction of sp³-hybridized carbons (Fsp3) is 0.333. The summed E-state index contributed by atoms with van der Waals surface area (Å²) in [5, 5.41) is 30.7. The molecule has 0 saturated carbocycles. The predicted molar refractivity (Wildman–Crippen MR) is 221 cm³/mol. The predicted octanol–water partition coefficient (Wildman–Crippen LogP) is 8.73. The maximum atomic E-state index is 13.2. The van der Waals surface area contributed by atoms with Gasteiger partial charge in [0.1, 0.15) is 19.8 Å². The number of hydrogen-bond acceptors (Lipinski definition) is 9. The highest BCUT2D eigenvalue weighted by Gasteiger charge is 2.41. The van der Waals surface area contributed by atoms with Gasteiger partial charge in [-0.3, -0.25) is 14.7 Å². The summed E-state index contributed by atoms with van der Waals surface area (Å²) in [5.74, 6) is -3.96. The smallest absolute Gasteiger partial charge is 0.414 e. The van der Waals surface area contributed by atoms with Crippen LogP contribution in [-0.2, 0) is 14.2 Å². The Bertz CT molecular complexity index is 2160. The molecule has 3 atom stereocenters. The van der Waals surface area contributed by atoms with E-state index in [0.717, 1.165) is 0 Å². The number of nitrogens with zero attached hydrogens (tertiary/aromatic N) is 3. The number of benzene rings is 4. The van der Waals surface area contributed by atoms with E-state index < -0.39 is 54.3 Å². The van der Waals surface area contributed by atoms with Crippen molar-refractivity contribution in [3.8, 4) is 33.4 Å². The number of ether oxygens (including phenoxy) is 3. The molecule has 3 N–H and O–H groups in total. The number of carboxylic acids is 3. The topological polar surface area (TPSA) is 201 Å². The Morgan fingerprint density at radius 1 is 0.450 bits per heavy atom. The van der Waals surface area contributed by atoms with Crippen LogP contribution in [0.5, 0.6) is 0 Å². The van der Waals surface area contributed by atoms with Gasteiger partial charge in [0.25, 0.3) is 0 Å². The zero-order chi connectivity index (χ0) is 43.3. The van der Waals surface area contributed by atoms with Gasteiger partial charge < -0.3 is 29.5 Å². The van der Waals surface area contributed by atoms with Crippen LogP contribution in [0.4, 0.5) is 31.4 Å². The minimum absolute atomic E-state index is 0.0750. The molecule has 4 aromatic carbocycles. The molecule has 0 radical (unpaired) electrons. The molecular formula is C45H45N3O12. The monoisotopic (exact) mass is 819 g/mol. The van der Waals surface area contributed by atoms with E-state index in [1.54, 1.807) is 36.4 Å². The van der Waals surface area contributed by atoms with Gasteiger partial charge in [0.2, 0.25) is 0 Å². The molecule has 0 bridgehead atoms. The van der Waals surface area contributed by atoms with Crippen molar-refractivity contribution in [2.24, 2.45) is 17.8 Å². The van der Waals surface area contributed by atoms with E-state index in [-0.39, 0.29) is 71.3 Å². The molecule has 0 unspecified atom stereocenters. The van der Waals surface area contributed by atoms with Gasteiger partial charge in [0.15, 0.2) is 0 Å². The van der Waals surface area contributed by atoms with E-state index in [2.05, 4.69) is 0 Å². The molecule has 15 nitrogen and oxygen atoms in total. The van der Waals surface area contributed by atoms with Crippen molar-refractivity contribution in [3.05, 3.63) is 89.5 Å². The molecule has 60 heavy (non-hydrogen) atoms. The van der Waals surface area contributed by atoms with Crippen LogP contribution in [0.25, 0.3) is 33.4 Å². The molecule has 0 aromatic heterocycles. The molecule has 312 valence electrons. The van der Waals surface area contributed by atoms with Crippen LogP contribution < -0.4 is 14.7 Å². The second-order valence-corrected chi connectivity index (χ2v) is 16.2. The number of rotatable bonds is 12. The van der Waals surface area contributed by atoms with Crippen molar-refractivity contribution in [3.63, 3.8) is 0 Å². The fourth-order valence-corrected chi connectivity index (χ4v) is 8.01. The lowest BCUT2D eigenvalue weighted by Crippen LogP contribution is -2.38. The number of carbonyl (C=O) groups excluding carboxylic acids is 3. The number of carbonyl (C=O) groups is 6. The number of hydrogen-bond donors (Lipinski definition) is 3. The zero-order valence-corrected chi connectivity index (χ0v) is 33.9. The fourth-order valence-electron chi connectivity index (χ4n) is 8.01. The minimum atomic E-state index is -1.24. The van der Waals surface area contributed by atoms with Crippen LogP contribution in [0.1, 0.15) is 72.6 Å². The highest BCUT2D eigenvalue weighted by molar-refractivity contribution is 6.05. The van der Waals surface area contributed by atoms with Gasteiger partial charge in [-0.15, -0.1) is 0 Å². The largest absolute Gasteiger partial charge is 0.478 e. The van der Waals surface area contributed by atoms with Crippen LogP contribution in [0.2, 0.25) is 0 Å². The van der Waals surface area contributed by atoms with Crippen molar-refractivity contribution in [1.29, 1.82) is 0 Å². The lowest BCUT2D eigenvalue weighted by atomic mass is 9.90. The summed E-state index contributed by atoms with van der Waals surface area (Å²) in [7, 11) is 0. The van der Waals surface area contributed by atoms with Gasteiger partial charge in [0.05, 0.1) is 51.9 Å². The normalized spacial score (nSPS) is 19.1. The Hall–Kier alpha value is -6.90. The highest BCUT2D eigenvalue weighted by Crippen LogP contribution is 2.41. The summed E-state index contributed by atoms with van der Waals surface area (Å²) in [6.07, 6.45) is -2.04. The summed E-state index contributed by atoms with van der Waals surface area (Å²) < 4.78 is 16.2. The first-order valence-electron chi connectivity index (χ1n) is 19.6. The van der Waals surface area contributed by atoms with Gasteiger partial charge in [0, 0.05) is 0 Å². The molecule has 3 aliphatic rings. The van der Waals surface area contributed by atoms with Crippen LogP contribution in [0, 0.1) is 17.8 Å². The van der Waals surface area contributed by atoms with Gasteiger partial charge in [-0.2, -0.15) is 0 Å². The number of carboxylic acid groups (broad SMARTS) is 3. The minimum Gasteiger partial charge on any atom is -0.478 e.